The van der Waals surface area contributed by atoms with Gasteiger partial charge in [0.15, 0.2) is 0 Å². The van der Waals surface area contributed by atoms with E-state index in [1.807, 2.05) is 6.07 Å². The first kappa shape index (κ1) is 20.8. The van der Waals surface area contributed by atoms with Crippen molar-refractivity contribution in [3.05, 3.63) is 53.5 Å². The molecule has 1 amide bonds. The minimum Gasteiger partial charge on any atom is -0.351 e. The van der Waals surface area contributed by atoms with Crippen LogP contribution in [0.1, 0.15) is 49.4 Å². The average Bonchev–Trinajstić information content (AvgIpc) is 3.51. The summed E-state index contributed by atoms with van der Waals surface area (Å²) in [5.41, 5.74) is 0.444. The van der Waals surface area contributed by atoms with Crippen LogP contribution < -0.4 is 10.2 Å². The van der Waals surface area contributed by atoms with Crippen LogP contribution in [0.3, 0.4) is 0 Å². The third-order valence-electron chi connectivity index (χ3n) is 6.10. The predicted octanol–water partition coefficient (Wildman–Crippen LogP) is 3.27. The third-order valence-corrected chi connectivity index (χ3v) is 6.10. The summed E-state index contributed by atoms with van der Waals surface area (Å²) in [6.07, 6.45) is 5.75. The van der Waals surface area contributed by atoms with Gasteiger partial charge in [0.05, 0.1) is 6.04 Å². The standard InChI is InChI=1S/C22H22F2N6O/c23-16-7-15(8-17(24)9-16)19(1-5-25)29-21(31)14-2-6-30(22(11-14)3-4-22)20-10-18(12-26)27-13-28-20/h5,7-10,13-14,19,25H,1-4,6,11H2,(H,29,31). The van der Waals surface area contributed by atoms with Crippen molar-refractivity contribution in [1.82, 2.24) is 15.3 Å². The molecule has 1 spiro atoms. The Morgan fingerprint density at radius 3 is 2.71 bits per heavy atom. The summed E-state index contributed by atoms with van der Waals surface area (Å²) in [5, 5.41) is 19.4. The van der Waals surface area contributed by atoms with Gasteiger partial charge in [-0.2, -0.15) is 5.26 Å². The zero-order valence-electron chi connectivity index (χ0n) is 16.8. The normalized spacial score (nSPS) is 20.0. The molecule has 1 aliphatic heterocycles. The number of benzene rings is 1. The van der Waals surface area contributed by atoms with E-state index in [0.29, 0.717) is 36.5 Å². The highest BCUT2D eigenvalue weighted by Crippen LogP contribution is 2.51. The van der Waals surface area contributed by atoms with Crippen molar-refractivity contribution in [2.45, 2.75) is 43.7 Å². The Morgan fingerprint density at radius 1 is 1.32 bits per heavy atom. The number of hydrogen-bond acceptors (Lipinski definition) is 6. The fourth-order valence-corrected chi connectivity index (χ4v) is 4.41. The van der Waals surface area contributed by atoms with E-state index in [9.17, 15) is 13.6 Å². The third kappa shape index (κ3) is 4.38. The summed E-state index contributed by atoms with van der Waals surface area (Å²) < 4.78 is 27.3. The SMILES string of the molecule is N#Cc1cc(N2CCC(C(=O)NC(CC=N)c3cc(F)cc(F)c3)CC23CC3)ncn1. The molecular formula is C22H22F2N6O. The fraction of sp³-hybridized carbons (Fsp3) is 0.409. The van der Waals surface area contributed by atoms with Gasteiger partial charge in [-0.15, -0.1) is 0 Å². The predicted molar refractivity (Wildman–Crippen MR) is 109 cm³/mol. The first-order chi connectivity index (χ1) is 14.9. The van der Waals surface area contributed by atoms with Gasteiger partial charge in [-0.3, -0.25) is 4.79 Å². The van der Waals surface area contributed by atoms with Gasteiger partial charge in [0.25, 0.3) is 0 Å². The number of halogens is 2. The van der Waals surface area contributed by atoms with Gasteiger partial charge in [-0.05, 0) is 49.6 Å². The van der Waals surface area contributed by atoms with Crippen LogP contribution in [-0.2, 0) is 4.79 Å². The Kier molecular flexibility index (Phi) is 5.63. The molecule has 2 N–H and O–H groups in total. The number of anilines is 1. The maximum absolute atomic E-state index is 13.6. The van der Waals surface area contributed by atoms with Gasteiger partial charge in [-0.25, -0.2) is 18.7 Å². The molecule has 1 aromatic carbocycles. The number of nitrogens with one attached hydrogen (secondary N) is 2. The molecule has 7 nitrogen and oxygen atoms in total. The Bertz CT molecular complexity index is 1030. The van der Waals surface area contributed by atoms with Crippen molar-refractivity contribution in [3.8, 4) is 6.07 Å². The van der Waals surface area contributed by atoms with Crippen molar-refractivity contribution >= 4 is 17.9 Å². The minimum absolute atomic E-state index is 0.149. The van der Waals surface area contributed by atoms with Crippen LogP contribution in [0, 0.1) is 34.3 Å². The smallest absolute Gasteiger partial charge is 0.223 e. The van der Waals surface area contributed by atoms with Crippen molar-refractivity contribution in [3.63, 3.8) is 0 Å². The van der Waals surface area contributed by atoms with Gasteiger partial charge in [0.1, 0.15) is 35.5 Å². The maximum Gasteiger partial charge on any atom is 0.223 e. The zero-order valence-corrected chi connectivity index (χ0v) is 16.8. The van der Waals surface area contributed by atoms with Gasteiger partial charge < -0.3 is 15.6 Å². The molecule has 2 aliphatic rings. The molecule has 2 fully saturated rings. The number of nitrogens with zero attached hydrogens (tertiary/aromatic N) is 4. The Hall–Kier alpha value is -3.41. The van der Waals surface area contributed by atoms with Crippen LogP contribution in [0.4, 0.5) is 14.6 Å². The van der Waals surface area contributed by atoms with E-state index in [2.05, 4.69) is 20.2 Å². The molecule has 9 heteroatoms. The van der Waals surface area contributed by atoms with E-state index in [0.717, 1.165) is 25.1 Å². The van der Waals surface area contributed by atoms with Crippen LogP contribution in [0.25, 0.3) is 0 Å². The second-order valence-electron chi connectivity index (χ2n) is 8.14. The molecule has 2 atom stereocenters. The van der Waals surface area contributed by atoms with Crippen molar-refractivity contribution in [1.29, 1.82) is 10.7 Å². The lowest BCUT2D eigenvalue weighted by molar-refractivity contribution is -0.126. The molecule has 1 aromatic heterocycles. The number of nitriles is 1. The van der Waals surface area contributed by atoms with Crippen LogP contribution in [-0.4, -0.2) is 34.2 Å². The molecule has 0 radical (unpaired) electrons. The van der Waals surface area contributed by atoms with E-state index < -0.39 is 17.7 Å². The molecule has 2 aromatic rings. The molecule has 1 saturated heterocycles. The van der Waals surface area contributed by atoms with Crippen molar-refractivity contribution in [2.75, 3.05) is 11.4 Å². The lowest BCUT2D eigenvalue weighted by atomic mass is 9.87. The quantitative estimate of drug-likeness (QED) is 0.693. The molecule has 31 heavy (non-hydrogen) atoms. The van der Waals surface area contributed by atoms with Crippen molar-refractivity contribution in [2.24, 2.45) is 5.92 Å². The van der Waals surface area contributed by atoms with Gasteiger partial charge in [0.2, 0.25) is 5.91 Å². The zero-order chi connectivity index (χ0) is 22.0. The number of rotatable bonds is 6. The lowest BCUT2D eigenvalue weighted by Crippen LogP contribution is -2.49. The van der Waals surface area contributed by atoms with Crippen LogP contribution in [0.5, 0.6) is 0 Å². The molecular weight excluding hydrogens is 402 g/mol. The Morgan fingerprint density at radius 2 is 2.06 bits per heavy atom. The first-order valence-corrected chi connectivity index (χ1v) is 10.2. The highest BCUT2D eigenvalue weighted by atomic mass is 19.1. The second kappa shape index (κ2) is 8.38. The number of aromatic nitrogens is 2. The molecule has 1 aliphatic carbocycles. The van der Waals surface area contributed by atoms with E-state index >= 15 is 0 Å². The minimum atomic E-state index is -0.717. The van der Waals surface area contributed by atoms with Crippen molar-refractivity contribution < 1.29 is 13.6 Å². The van der Waals surface area contributed by atoms with E-state index in [1.54, 1.807) is 6.07 Å². The molecule has 0 bridgehead atoms. The van der Waals surface area contributed by atoms with Crippen LogP contribution >= 0.6 is 0 Å². The molecule has 2 unspecified atom stereocenters. The average molecular weight is 424 g/mol. The van der Waals surface area contributed by atoms with Gasteiger partial charge >= 0.3 is 0 Å². The molecule has 4 rings (SSSR count). The fourth-order valence-electron chi connectivity index (χ4n) is 4.41. The van der Waals surface area contributed by atoms with Gasteiger partial charge in [0, 0.05) is 36.6 Å². The first-order valence-electron chi connectivity index (χ1n) is 10.2. The highest BCUT2D eigenvalue weighted by molar-refractivity contribution is 5.80. The number of carbonyl (C=O) groups excluding carboxylic acids is 1. The Labute approximate surface area is 178 Å². The summed E-state index contributed by atoms with van der Waals surface area (Å²) in [6, 6.07) is 6.18. The second-order valence-corrected chi connectivity index (χ2v) is 8.14. The maximum atomic E-state index is 13.6. The summed E-state index contributed by atoms with van der Waals surface area (Å²) >= 11 is 0. The topological polar surface area (TPSA) is 106 Å². The van der Waals surface area contributed by atoms with E-state index in [1.165, 1.54) is 18.5 Å². The summed E-state index contributed by atoms with van der Waals surface area (Å²) in [6.45, 7) is 0.615. The number of hydrogen-bond donors (Lipinski definition) is 2. The van der Waals surface area contributed by atoms with Crippen LogP contribution in [0.2, 0.25) is 0 Å². The molecule has 160 valence electrons. The summed E-state index contributed by atoms with van der Waals surface area (Å²) in [7, 11) is 0. The van der Waals surface area contributed by atoms with E-state index in [-0.39, 0.29) is 23.8 Å². The number of piperidine rings is 1. The number of amides is 1. The largest absolute Gasteiger partial charge is 0.351 e. The molecule has 1 saturated carbocycles. The highest BCUT2D eigenvalue weighted by Gasteiger charge is 2.53. The Balaban J connectivity index is 1.47. The lowest BCUT2D eigenvalue weighted by Gasteiger charge is -2.40. The summed E-state index contributed by atoms with van der Waals surface area (Å²) in [5.74, 6) is -1.16. The van der Waals surface area contributed by atoms with Crippen LogP contribution in [0.15, 0.2) is 30.6 Å². The van der Waals surface area contributed by atoms with E-state index in [4.69, 9.17) is 10.7 Å². The molecule has 2 heterocycles. The van der Waals surface area contributed by atoms with Gasteiger partial charge in [-0.1, -0.05) is 0 Å². The monoisotopic (exact) mass is 424 g/mol. The number of carbonyl (C=O) groups is 1. The summed E-state index contributed by atoms with van der Waals surface area (Å²) in [4.78, 5) is 23.4.